The van der Waals surface area contributed by atoms with Gasteiger partial charge in [-0.2, -0.15) is 5.06 Å². The maximum atomic E-state index is 14.3. The van der Waals surface area contributed by atoms with Crippen LogP contribution >= 0.6 is 0 Å². The van der Waals surface area contributed by atoms with Gasteiger partial charge in [-0.05, 0) is 80.5 Å². The number of nitrogens with one attached hydrogen (secondary N) is 2. The molecule has 4 N–H and O–H groups in total. The number of ether oxygens (including phenoxy) is 1. The zero-order chi connectivity index (χ0) is 40.6. The topological polar surface area (TPSA) is 153 Å². The molecule has 0 spiro atoms. The molecule has 304 valence electrons. The third kappa shape index (κ3) is 9.17. The first kappa shape index (κ1) is 42.5. The van der Waals surface area contributed by atoms with Crippen LogP contribution in [0, 0.1) is 39.4 Å². The van der Waals surface area contributed by atoms with Crippen molar-refractivity contribution in [2.75, 3.05) is 41.5 Å². The minimum Gasteiger partial charge on any atom is -0.496 e. The number of rotatable bonds is 15. The van der Waals surface area contributed by atoms with Crippen LogP contribution in [0.2, 0.25) is 0 Å². The minimum absolute atomic E-state index is 0.00444. The number of aliphatic hydroxyl groups is 2. The summed E-state index contributed by atoms with van der Waals surface area (Å²) in [4.78, 5) is 54.6. The fourth-order valence-electron chi connectivity index (χ4n) is 9.55. The van der Waals surface area contributed by atoms with Crippen LogP contribution in [0.3, 0.4) is 0 Å². The molecule has 9 atom stereocenters. The number of hydroxylamine groups is 2. The highest BCUT2D eigenvalue weighted by atomic mass is 16.8. The van der Waals surface area contributed by atoms with Crippen molar-refractivity contribution in [1.82, 2.24) is 20.6 Å². The van der Waals surface area contributed by atoms with Gasteiger partial charge < -0.3 is 30.5 Å². The lowest BCUT2D eigenvalue weighted by molar-refractivity contribution is -0.736. The molecule has 2 bridgehead atoms. The van der Waals surface area contributed by atoms with Crippen LogP contribution < -0.4 is 15.4 Å². The summed E-state index contributed by atoms with van der Waals surface area (Å²) in [5.74, 6) is 0.571. The summed E-state index contributed by atoms with van der Waals surface area (Å²) in [5, 5.41) is 29.3. The molecule has 2 aromatic rings. The summed E-state index contributed by atoms with van der Waals surface area (Å²) in [6.07, 6.45) is 1.09. The van der Waals surface area contributed by atoms with Gasteiger partial charge in [0, 0.05) is 53.4 Å². The first-order chi connectivity index (χ1) is 25.8. The van der Waals surface area contributed by atoms with Crippen molar-refractivity contribution in [1.29, 1.82) is 0 Å². The van der Waals surface area contributed by atoms with Crippen LogP contribution in [0.1, 0.15) is 83.7 Å². The van der Waals surface area contributed by atoms with Crippen LogP contribution in [-0.2, 0) is 21.0 Å². The van der Waals surface area contributed by atoms with E-state index in [0.29, 0.717) is 51.7 Å². The van der Waals surface area contributed by atoms with Crippen molar-refractivity contribution in [3.63, 3.8) is 0 Å². The number of aliphatic hydroxyl groups excluding tert-OH is 2. The van der Waals surface area contributed by atoms with E-state index in [0.717, 1.165) is 12.8 Å². The second-order valence-corrected chi connectivity index (χ2v) is 18.1. The molecule has 55 heavy (non-hydrogen) atoms. The quantitative estimate of drug-likeness (QED) is 0.181. The number of hydrogen-bond acceptors (Lipinski definition) is 10. The molecule has 0 radical (unpaired) electrons. The van der Waals surface area contributed by atoms with Gasteiger partial charge in [-0.15, -0.1) is 0 Å². The Labute approximate surface area is 326 Å². The number of carbonyl (C=O) groups is 2. The van der Waals surface area contributed by atoms with Gasteiger partial charge in [0.2, 0.25) is 5.91 Å². The van der Waals surface area contributed by atoms with Crippen molar-refractivity contribution in [3.8, 4) is 16.9 Å². The lowest BCUT2D eigenvalue weighted by Crippen LogP contribution is -2.62. The van der Waals surface area contributed by atoms with E-state index >= 15 is 0 Å². The smallest absolute Gasteiger partial charge is 0.318 e. The predicted octanol–water partition coefficient (Wildman–Crippen LogP) is 5.09. The molecule has 0 aromatic heterocycles. The fraction of sp³-hybridized carbons (Fsp3) is 0.667. The Kier molecular flexibility index (Phi) is 13.0. The van der Waals surface area contributed by atoms with Crippen molar-refractivity contribution >= 4 is 17.5 Å². The van der Waals surface area contributed by atoms with Gasteiger partial charge in [-0.1, -0.05) is 59.7 Å². The second-order valence-electron chi connectivity index (χ2n) is 18.1. The lowest BCUT2D eigenvalue weighted by atomic mass is 9.45. The number of nitrogens with zero attached hydrogens (tertiary/aromatic N) is 3. The Morgan fingerprint density at radius 3 is 2.42 bits per heavy atom. The normalized spacial score (nSPS) is 27.2. The molecule has 1 aliphatic heterocycles. The van der Waals surface area contributed by atoms with Crippen molar-refractivity contribution in [2.45, 2.75) is 105 Å². The molecule has 1 saturated heterocycles. The number of methoxy groups -OCH3 is 1. The fourth-order valence-corrected chi connectivity index (χ4v) is 9.55. The molecule has 4 aliphatic rings. The number of carbonyl (C=O) groups excluding carboxylic acids is 2. The summed E-state index contributed by atoms with van der Waals surface area (Å²) in [6.45, 7) is 15.2. The Morgan fingerprint density at radius 2 is 1.85 bits per heavy atom. The molecule has 3 aliphatic carbocycles. The van der Waals surface area contributed by atoms with E-state index in [9.17, 15) is 24.7 Å². The molecule has 4 fully saturated rings. The van der Waals surface area contributed by atoms with Crippen LogP contribution in [0.25, 0.3) is 11.1 Å². The minimum atomic E-state index is -0.939. The monoisotopic (exact) mass is 766 g/mol. The van der Waals surface area contributed by atoms with E-state index in [1.165, 1.54) is 26.7 Å². The largest absolute Gasteiger partial charge is 0.496 e. The average molecular weight is 767 g/mol. The van der Waals surface area contributed by atoms with Gasteiger partial charge in [0.15, 0.2) is 7.11 Å². The van der Waals surface area contributed by atoms with Crippen LogP contribution in [0.5, 0.6) is 5.75 Å². The molecular weight excluding hydrogens is 702 g/mol. The highest BCUT2D eigenvalue weighted by Crippen LogP contribution is 2.61. The Hall–Kier alpha value is -3.62. The predicted molar refractivity (Wildman–Crippen MR) is 210 cm³/mol. The zero-order valence-corrected chi connectivity index (χ0v) is 34.6. The van der Waals surface area contributed by atoms with Gasteiger partial charge in [-0.25, -0.2) is 4.84 Å². The van der Waals surface area contributed by atoms with E-state index in [2.05, 4.69) is 52.2 Å². The van der Waals surface area contributed by atoms with Gasteiger partial charge in [0.05, 0.1) is 31.3 Å². The zero-order valence-electron chi connectivity index (χ0n) is 34.6. The van der Waals surface area contributed by atoms with E-state index in [1.807, 2.05) is 37.2 Å². The molecule has 2 amide bonds. The third-order valence-corrected chi connectivity index (χ3v) is 12.3. The van der Waals surface area contributed by atoms with E-state index in [-0.39, 0.29) is 59.1 Å². The van der Waals surface area contributed by atoms with Gasteiger partial charge >= 0.3 is 5.69 Å². The van der Waals surface area contributed by atoms with Gasteiger partial charge in [0.1, 0.15) is 17.9 Å². The van der Waals surface area contributed by atoms with E-state index in [1.54, 1.807) is 24.1 Å². The molecule has 13 nitrogen and oxygen atoms in total. The first-order valence-electron chi connectivity index (χ1n) is 19.6. The molecule has 0 unspecified atom stereocenters. The highest BCUT2D eigenvalue weighted by Gasteiger charge is 2.57. The first-order valence-corrected chi connectivity index (χ1v) is 19.6. The van der Waals surface area contributed by atoms with Crippen molar-refractivity contribution in [2.24, 2.45) is 34.5 Å². The van der Waals surface area contributed by atoms with Crippen LogP contribution in [-0.4, -0.2) is 109 Å². The maximum absolute atomic E-state index is 14.3. The number of likely N-dealkylation sites (N-methyl/N-ethyl adjacent to an activating group) is 1. The average Bonchev–Trinajstić information content (AvgIpc) is 3.49. The summed E-state index contributed by atoms with van der Waals surface area (Å²) in [6, 6.07) is 9.35. The molecule has 3 saturated carbocycles. The molecular formula is C42H64N5O8+. The van der Waals surface area contributed by atoms with E-state index < -0.39 is 24.2 Å². The van der Waals surface area contributed by atoms with E-state index in [4.69, 9.17) is 14.4 Å². The Balaban J connectivity index is 1.47. The summed E-state index contributed by atoms with van der Waals surface area (Å²) >= 11 is 0. The summed E-state index contributed by atoms with van der Waals surface area (Å²) in [7, 11) is 6.72. The number of amides is 2. The number of fused-ring (bicyclic) bond motifs is 2. The van der Waals surface area contributed by atoms with Crippen molar-refractivity contribution < 1.29 is 39.1 Å². The lowest BCUT2D eigenvalue weighted by Gasteiger charge is -2.62. The van der Waals surface area contributed by atoms with Crippen LogP contribution in [0.4, 0.5) is 5.69 Å². The Bertz CT molecular complexity index is 1710. The third-order valence-electron chi connectivity index (χ3n) is 12.3. The van der Waals surface area contributed by atoms with Crippen molar-refractivity contribution in [3.05, 3.63) is 52.4 Å². The SMILES string of the molecule is COc1c(CN2O[C@@H](CO)[C@@H]([C@H](C)O)[C@H]2C(=O)N[C@H]2C[C@H]3C[C@@H]([C@@H]2C)C3(C)C)cccc1-c1cc(C(=O)N[C@H](CN(C)C)CC(C)(C)C)cc([N+](=O)OC)c1. The van der Waals surface area contributed by atoms with Gasteiger partial charge in [-0.3, -0.25) is 14.4 Å². The highest BCUT2D eigenvalue weighted by molar-refractivity contribution is 5.97. The standard InChI is InChI=1S/C42H63N5O8/c1-24-33-18-29(42(33,6)7)19-34(24)44-40(51)37-36(25(2)49)35(23-48)55-46(37)21-26-13-12-14-32(38(26)53-10)27-15-28(17-31(16-27)47(52)54-11)39(50)43-30(22-45(8)9)20-41(3,4)5/h12-17,24-25,29-30,33-37,48-49H,18-23H2,1-11H3,(H-,43,44,50,51)/p+1/t24-,25-,29+,30-,33-,34-,35-,36+,37-/m0/s1. The number of benzene rings is 2. The van der Waals surface area contributed by atoms with Gasteiger partial charge in [0.25, 0.3) is 10.8 Å². The number of hydrogen-bond donors (Lipinski definition) is 4. The molecule has 2 aromatic carbocycles. The molecule has 6 rings (SSSR count). The van der Waals surface area contributed by atoms with Crippen LogP contribution in [0.15, 0.2) is 36.4 Å². The maximum Gasteiger partial charge on any atom is 0.318 e. The summed E-state index contributed by atoms with van der Waals surface area (Å²) < 4.78 is 6.02. The Morgan fingerprint density at radius 1 is 1.15 bits per heavy atom. The molecule has 13 heteroatoms. The second kappa shape index (κ2) is 16.9. The number of para-hydroxylation sites is 1. The summed E-state index contributed by atoms with van der Waals surface area (Å²) in [5.41, 5.74) is 2.43. The molecule has 1 heterocycles.